The van der Waals surface area contributed by atoms with Crippen LogP contribution >= 0.6 is 0 Å². The summed E-state index contributed by atoms with van der Waals surface area (Å²) in [5, 5.41) is 0. The monoisotopic (exact) mass is 440 g/mol. The van der Waals surface area contributed by atoms with Gasteiger partial charge >= 0.3 is 0 Å². The number of hydrogen-bond acceptors (Lipinski definition) is 2. The van der Waals surface area contributed by atoms with Crippen LogP contribution in [0.1, 0.15) is 45.2 Å². The Bertz CT molecular complexity index is 1220. The van der Waals surface area contributed by atoms with Crippen molar-refractivity contribution in [3.8, 4) is 0 Å². The highest BCUT2D eigenvalue weighted by Crippen LogP contribution is 2.36. The molecule has 0 aliphatic heterocycles. The largest absolute Gasteiger partial charge is 0.399 e. The maximum atomic E-state index is 5.97. The highest BCUT2D eigenvalue weighted by molar-refractivity contribution is 5.51. The molecule has 0 heterocycles. The van der Waals surface area contributed by atoms with E-state index in [1.54, 1.807) is 0 Å². The molecule has 0 saturated carbocycles. The lowest BCUT2D eigenvalue weighted by atomic mass is 9.81. The fraction of sp³-hybridized carbons (Fsp3) is 0.0625. The summed E-state index contributed by atoms with van der Waals surface area (Å²) in [5.41, 5.74) is 21.0. The Morgan fingerprint density at radius 1 is 0.294 bits per heavy atom. The summed E-state index contributed by atoms with van der Waals surface area (Å²) in [7, 11) is 0. The van der Waals surface area contributed by atoms with E-state index in [1.807, 2.05) is 24.3 Å². The molecule has 0 spiro atoms. The summed E-state index contributed by atoms with van der Waals surface area (Å²) < 4.78 is 0. The molecule has 2 heteroatoms. The third kappa shape index (κ3) is 4.57. The van der Waals surface area contributed by atoms with Gasteiger partial charge in [0.2, 0.25) is 0 Å². The normalized spacial score (nSPS) is 12.7. The molecule has 5 aromatic carbocycles. The maximum absolute atomic E-state index is 5.97. The summed E-state index contributed by atoms with van der Waals surface area (Å²) in [6.07, 6.45) is 0. The van der Waals surface area contributed by atoms with E-state index in [4.69, 9.17) is 11.5 Å². The van der Waals surface area contributed by atoms with Gasteiger partial charge in [-0.05, 0) is 57.6 Å². The Morgan fingerprint density at radius 2 is 0.529 bits per heavy atom. The van der Waals surface area contributed by atoms with Crippen molar-refractivity contribution in [2.24, 2.45) is 0 Å². The Hall–Kier alpha value is -4.30. The lowest BCUT2D eigenvalue weighted by molar-refractivity contribution is 0.951. The van der Waals surface area contributed by atoms with Crippen LogP contribution in [0.25, 0.3) is 0 Å². The van der Waals surface area contributed by atoms with Crippen LogP contribution in [0, 0.1) is 0 Å². The minimum Gasteiger partial charge on any atom is -0.399 e. The SMILES string of the molecule is Nc1ccc(C(c2ccccc2)c2ccc(C(c3ccccc3)c3ccc(N)cc3)cc2)cc1. The molecule has 34 heavy (non-hydrogen) atoms. The van der Waals surface area contributed by atoms with Crippen LogP contribution in [0.3, 0.4) is 0 Å². The van der Waals surface area contributed by atoms with E-state index in [0.29, 0.717) is 0 Å². The number of anilines is 2. The molecule has 0 aromatic heterocycles. The molecule has 0 saturated heterocycles. The van der Waals surface area contributed by atoms with Crippen molar-refractivity contribution in [2.45, 2.75) is 11.8 Å². The number of benzene rings is 5. The highest BCUT2D eigenvalue weighted by Gasteiger charge is 2.20. The zero-order valence-electron chi connectivity index (χ0n) is 19.0. The van der Waals surface area contributed by atoms with Gasteiger partial charge in [0.25, 0.3) is 0 Å². The first-order valence-electron chi connectivity index (χ1n) is 11.6. The summed E-state index contributed by atoms with van der Waals surface area (Å²) in [4.78, 5) is 0. The van der Waals surface area contributed by atoms with E-state index in [0.717, 1.165) is 11.4 Å². The van der Waals surface area contributed by atoms with Gasteiger partial charge in [-0.2, -0.15) is 0 Å². The quantitative estimate of drug-likeness (QED) is 0.216. The summed E-state index contributed by atoms with van der Waals surface area (Å²) >= 11 is 0. The second-order valence-corrected chi connectivity index (χ2v) is 8.69. The minimum absolute atomic E-state index is 0.141. The van der Waals surface area contributed by atoms with Crippen LogP contribution in [-0.2, 0) is 0 Å². The Morgan fingerprint density at radius 3 is 0.824 bits per heavy atom. The molecule has 0 aliphatic carbocycles. The van der Waals surface area contributed by atoms with Crippen LogP contribution in [0.4, 0.5) is 11.4 Å². The van der Waals surface area contributed by atoms with Gasteiger partial charge in [-0.3, -0.25) is 0 Å². The van der Waals surface area contributed by atoms with Gasteiger partial charge in [0.1, 0.15) is 0 Å². The smallest absolute Gasteiger partial charge is 0.0340 e. The van der Waals surface area contributed by atoms with Crippen LogP contribution < -0.4 is 11.5 Å². The van der Waals surface area contributed by atoms with Crippen molar-refractivity contribution in [1.29, 1.82) is 0 Å². The molecule has 2 atom stereocenters. The molecule has 5 aromatic rings. The summed E-state index contributed by atoms with van der Waals surface area (Å²) in [6, 6.07) is 46.7. The van der Waals surface area contributed by atoms with Gasteiger partial charge in [0, 0.05) is 23.2 Å². The third-order valence-electron chi connectivity index (χ3n) is 6.41. The van der Waals surface area contributed by atoms with Crippen LogP contribution in [0.5, 0.6) is 0 Å². The van der Waals surface area contributed by atoms with E-state index in [1.165, 1.54) is 33.4 Å². The Balaban J connectivity index is 1.57. The molecule has 2 nitrogen and oxygen atoms in total. The molecule has 0 radical (unpaired) electrons. The predicted molar refractivity (Wildman–Crippen MR) is 143 cm³/mol. The topological polar surface area (TPSA) is 52.0 Å². The Labute approximate surface area is 201 Å². The zero-order valence-corrected chi connectivity index (χ0v) is 19.0. The van der Waals surface area contributed by atoms with Gasteiger partial charge in [-0.25, -0.2) is 0 Å². The molecule has 0 aliphatic rings. The molecule has 0 bridgehead atoms. The highest BCUT2D eigenvalue weighted by atomic mass is 14.5. The molecular formula is C32H28N2. The van der Waals surface area contributed by atoms with E-state index in [-0.39, 0.29) is 11.8 Å². The van der Waals surface area contributed by atoms with Crippen LogP contribution in [0.15, 0.2) is 133 Å². The standard InChI is InChI=1S/C32H28N2/c33-29-19-15-27(16-20-29)31(23-7-3-1-4-8-23)25-11-13-26(14-12-25)32(24-9-5-2-6-10-24)28-17-21-30(34)22-18-28/h1-22,31-32H,33-34H2. The first-order chi connectivity index (χ1) is 16.7. The van der Waals surface area contributed by atoms with Gasteiger partial charge in [0.15, 0.2) is 0 Å². The predicted octanol–water partition coefficient (Wildman–Crippen LogP) is 7.21. The first-order valence-corrected chi connectivity index (χ1v) is 11.6. The average molecular weight is 441 g/mol. The zero-order chi connectivity index (χ0) is 23.3. The molecule has 0 fully saturated rings. The molecule has 166 valence electrons. The summed E-state index contributed by atoms with van der Waals surface area (Å²) in [5.74, 6) is 0.282. The van der Waals surface area contributed by atoms with Gasteiger partial charge < -0.3 is 11.5 Å². The minimum atomic E-state index is 0.141. The summed E-state index contributed by atoms with van der Waals surface area (Å²) in [6.45, 7) is 0. The number of nitrogen functional groups attached to an aromatic ring is 2. The van der Waals surface area contributed by atoms with E-state index >= 15 is 0 Å². The second kappa shape index (κ2) is 9.68. The van der Waals surface area contributed by atoms with Crippen LogP contribution in [-0.4, -0.2) is 0 Å². The number of rotatable bonds is 6. The first kappa shape index (κ1) is 21.5. The van der Waals surface area contributed by atoms with Crippen molar-refractivity contribution in [1.82, 2.24) is 0 Å². The molecule has 2 unspecified atom stereocenters. The van der Waals surface area contributed by atoms with Crippen LogP contribution in [0.2, 0.25) is 0 Å². The number of hydrogen-bond donors (Lipinski definition) is 2. The fourth-order valence-electron chi connectivity index (χ4n) is 4.70. The lowest BCUT2D eigenvalue weighted by Crippen LogP contribution is -2.06. The van der Waals surface area contributed by atoms with Crippen molar-refractivity contribution >= 4 is 11.4 Å². The van der Waals surface area contributed by atoms with Crippen molar-refractivity contribution in [3.05, 3.63) is 167 Å². The number of nitrogens with two attached hydrogens (primary N) is 2. The molecular weight excluding hydrogens is 412 g/mol. The fourth-order valence-corrected chi connectivity index (χ4v) is 4.70. The lowest BCUT2D eigenvalue weighted by Gasteiger charge is -2.22. The second-order valence-electron chi connectivity index (χ2n) is 8.69. The Kier molecular flexibility index (Phi) is 6.13. The molecule has 0 amide bonds. The maximum Gasteiger partial charge on any atom is 0.0340 e. The van der Waals surface area contributed by atoms with E-state index < -0.39 is 0 Å². The van der Waals surface area contributed by atoms with Crippen molar-refractivity contribution < 1.29 is 0 Å². The van der Waals surface area contributed by atoms with Gasteiger partial charge in [-0.15, -0.1) is 0 Å². The third-order valence-corrected chi connectivity index (χ3v) is 6.41. The van der Waals surface area contributed by atoms with E-state index in [2.05, 4.69) is 109 Å². The molecule has 4 N–H and O–H groups in total. The van der Waals surface area contributed by atoms with Crippen molar-refractivity contribution in [2.75, 3.05) is 11.5 Å². The van der Waals surface area contributed by atoms with Crippen molar-refractivity contribution in [3.63, 3.8) is 0 Å². The van der Waals surface area contributed by atoms with Gasteiger partial charge in [-0.1, -0.05) is 109 Å². The van der Waals surface area contributed by atoms with Gasteiger partial charge in [0.05, 0.1) is 0 Å². The van der Waals surface area contributed by atoms with E-state index in [9.17, 15) is 0 Å². The molecule has 5 rings (SSSR count). The average Bonchev–Trinajstić information content (AvgIpc) is 2.89.